The van der Waals surface area contributed by atoms with E-state index in [1.807, 2.05) is 0 Å². The van der Waals surface area contributed by atoms with E-state index in [0.29, 0.717) is 20.6 Å². The van der Waals surface area contributed by atoms with Gasteiger partial charge in [0.15, 0.2) is 0 Å². The first-order valence-electron chi connectivity index (χ1n) is 5.47. The van der Waals surface area contributed by atoms with Crippen LogP contribution in [0.2, 0.25) is 15.1 Å². The van der Waals surface area contributed by atoms with Crippen molar-refractivity contribution >= 4 is 40.5 Å². The van der Waals surface area contributed by atoms with E-state index in [2.05, 4.69) is 11.4 Å². The van der Waals surface area contributed by atoms with E-state index >= 15 is 0 Å². The fourth-order valence-corrected chi connectivity index (χ4v) is 2.16. The molecule has 0 radical (unpaired) electrons. The Balaban J connectivity index is 2.28. The average molecular weight is 312 g/mol. The second-order valence-corrected chi connectivity index (χ2v) is 5.16. The smallest absolute Gasteiger partial charge is 0.141 e. The van der Waals surface area contributed by atoms with Crippen molar-refractivity contribution in [1.82, 2.24) is 0 Å². The van der Waals surface area contributed by atoms with Crippen molar-refractivity contribution in [3.63, 3.8) is 0 Å². The van der Waals surface area contributed by atoms with Crippen LogP contribution < -0.4 is 5.32 Å². The third-order valence-corrected chi connectivity index (χ3v) is 3.38. The number of nitrogens with one attached hydrogen (secondary N) is 1. The first-order chi connectivity index (χ1) is 9.10. The zero-order chi connectivity index (χ0) is 13.8. The number of rotatable bonds is 3. The summed E-state index contributed by atoms with van der Waals surface area (Å²) < 4.78 is 0. The van der Waals surface area contributed by atoms with Crippen LogP contribution in [-0.4, -0.2) is 0 Å². The van der Waals surface area contributed by atoms with Gasteiger partial charge in [0.2, 0.25) is 0 Å². The van der Waals surface area contributed by atoms with Gasteiger partial charge in [-0.1, -0.05) is 34.8 Å². The van der Waals surface area contributed by atoms with Crippen LogP contribution in [0, 0.1) is 11.3 Å². The molecule has 0 saturated carbocycles. The Morgan fingerprint density at radius 2 is 1.58 bits per heavy atom. The highest BCUT2D eigenvalue weighted by atomic mass is 35.5. The van der Waals surface area contributed by atoms with Gasteiger partial charge in [-0.05, 0) is 42.5 Å². The van der Waals surface area contributed by atoms with Crippen LogP contribution in [0.3, 0.4) is 0 Å². The van der Waals surface area contributed by atoms with Crippen LogP contribution in [0.25, 0.3) is 0 Å². The minimum Gasteiger partial charge on any atom is -0.366 e. The molecule has 0 saturated heterocycles. The third-order valence-electron chi connectivity index (χ3n) is 2.55. The number of anilines is 1. The molecule has 0 spiro atoms. The van der Waals surface area contributed by atoms with Gasteiger partial charge in [-0.15, -0.1) is 0 Å². The Bertz CT molecular complexity index is 618. The lowest BCUT2D eigenvalue weighted by molar-refractivity contribution is 0.998. The zero-order valence-corrected chi connectivity index (χ0v) is 12.0. The lowest BCUT2D eigenvalue weighted by Gasteiger charge is -2.15. The lowest BCUT2D eigenvalue weighted by atomic mass is 10.1. The molecule has 1 atom stereocenters. The van der Waals surface area contributed by atoms with Gasteiger partial charge < -0.3 is 5.32 Å². The minimum absolute atomic E-state index is 0.498. The summed E-state index contributed by atoms with van der Waals surface area (Å²) in [7, 11) is 0. The van der Waals surface area contributed by atoms with Crippen LogP contribution in [0.15, 0.2) is 42.5 Å². The van der Waals surface area contributed by atoms with Crippen molar-refractivity contribution in [1.29, 1.82) is 5.26 Å². The van der Waals surface area contributed by atoms with Crippen LogP contribution in [0.5, 0.6) is 0 Å². The standard InChI is InChI=1S/C14H9Cl3N2/c15-9-1-4-11(5-2-9)19-14(8-18)12-7-10(16)3-6-13(12)17/h1-7,14,19H. The van der Waals surface area contributed by atoms with Gasteiger partial charge in [-0.3, -0.25) is 0 Å². The van der Waals surface area contributed by atoms with Crippen molar-refractivity contribution in [2.24, 2.45) is 0 Å². The van der Waals surface area contributed by atoms with Gasteiger partial charge in [0.05, 0.1) is 6.07 Å². The SMILES string of the molecule is N#CC(Nc1ccc(Cl)cc1)c1cc(Cl)ccc1Cl. The maximum absolute atomic E-state index is 9.27. The number of nitriles is 1. The number of nitrogens with zero attached hydrogens (tertiary/aromatic N) is 1. The molecule has 1 N–H and O–H groups in total. The maximum atomic E-state index is 9.27. The minimum atomic E-state index is -0.577. The molecule has 0 fully saturated rings. The fraction of sp³-hybridized carbons (Fsp3) is 0.0714. The van der Waals surface area contributed by atoms with Crippen molar-refractivity contribution in [2.45, 2.75) is 6.04 Å². The van der Waals surface area contributed by atoms with E-state index in [1.54, 1.807) is 42.5 Å². The Hall–Kier alpha value is -1.40. The van der Waals surface area contributed by atoms with Gasteiger partial charge in [0.1, 0.15) is 6.04 Å². The number of benzene rings is 2. The molecule has 0 heterocycles. The largest absolute Gasteiger partial charge is 0.366 e. The van der Waals surface area contributed by atoms with Crippen LogP contribution in [0.4, 0.5) is 5.69 Å². The van der Waals surface area contributed by atoms with E-state index in [9.17, 15) is 5.26 Å². The van der Waals surface area contributed by atoms with Gasteiger partial charge in [0, 0.05) is 26.3 Å². The highest BCUT2D eigenvalue weighted by Crippen LogP contribution is 2.28. The molecular weight excluding hydrogens is 303 g/mol. The molecule has 0 aliphatic carbocycles. The second kappa shape index (κ2) is 6.16. The van der Waals surface area contributed by atoms with E-state index in [4.69, 9.17) is 34.8 Å². The molecule has 0 amide bonds. The number of hydrogen-bond donors (Lipinski definition) is 1. The summed E-state index contributed by atoms with van der Waals surface area (Å²) >= 11 is 17.8. The molecule has 2 aromatic carbocycles. The summed E-state index contributed by atoms with van der Waals surface area (Å²) in [6.45, 7) is 0. The monoisotopic (exact) mass is 310 g/mol. The van der Waals surface area contributed by atoms with Crippen LogP contribution in [0.1, 0.15) is 11.6 Å². The summed E-state index contributed by atoms with van der Waals surface area (Å²) in [6, 6.07) is 13.7. The highest BCUT2D eigenvalue weighted by Gasteiger charge is 2.14. The topological polar surface area (TPSA) is 35.8 Å². The highest BCUT2D eigenvalue weighted by molar-refractivity contribution is 6.33. The quantitative estimate of drug-likeness (QED) is 0.832. The van der Waals surface area contributed by atoms with Crippen molar-refractivity contribution < 1.29 is 0 Å². The normalized spacial score (nSPS) is 11.7. The Kier molecular flexibility index (Phi) is 4.55. The summed E-state index contributed by atoms with van der Waals surface area (Å²) in [5.74, 6) is 0. The summed E-state index contributed by atoms with van der Waals surface area (Å²) in [6.07, 6.45) is 0. The first-order valence-corrected chi connectivity index (χ1v) is 6.60. The Morgan fingerprint density at radius 3 is 2.21 bits per heavy atom. The van der Waals surface area contributed by atoms with Crippen LogP contribution >= 0.6 is 34.8 Å². The van der Waals surface area contributed by atoms with Crippen molar-refractivity contribution in [3.05, 3.63) is 63.1 Å². The van der Waals surface area contributed by atoms with E-state index in [0.717, 1.165) is 5.69 Å². The van der Waals surface area contributed by atoms with E-state index in [1.165, 1.54) is 0 Å². The van der Waals surface area contributed by atoms with E-state index in [-0.39, 0.29) is 0 Å². The predicted octanol–water partition coefficient (Wildman–Crippen LogP) is 5.32. The zero-order valence-electron chi connectivity index (χ0n) is 9.70. The molecule has 2 rings (SSSR count). The predicted molar refractivity (Wildman–Crippen MR) is 79.9 cm³/mol. The average Bonchev–Trinajstić information content (AvgIpc) is 2.41. The molecule has 0 bridgehead atoms. The molecule has 5 heteroatoms. The van der Waals surface area contributed by atoms with Gasteiger partial charge in [-0.25, -0.2) is 0 Å². The van der Waals surface area contributed by atoms with Gasteiger partial charge >= 0.3 is 0 Å². The van der Waals surface area contributed by atoms with Gasteiger partial charge in [-0.2, -0.15) is 5.26 Å². The maximum Gasteiger partial charge on any atom is 0.141 e. The molecule has 1 unspecified atom stereocenters. The number of hydrogen-bond acceptors (Lipinski definition) is 2. The fourth-order valence-electron chi connectivity index (χ4n) is 1.63. The molecule has 0 aromatic heterocycles. The molecule has 96 valence electrons. The first kappa shape index (κ1) is 14.0. The van der Waals surface area contributed by atoms with Crippen molar-refractivity contribution in [3.8, 4) is 6.07 Å². The number of halogens is 3. The third kappa shape index (κ3) is 3.54. The van der Waals surface area contributed by atoms with Crippen LogP contribution in [-0.2, 0) is 0 Å². The molecule has 0 aliphatic heterocycles. The molecule has 0 aliphatic rings. The van der Waals surface area contributed by atoms with Crippen molar-refractivity contribution in [2.75, 3.05) is 5.32 Å². The molecule has 2 aromatic rings. The molecular formula is C14H9Cl3N2. The summed E-state index contributed by atoms with van der Waals surface area (Å²) in [4.78, 5) is 0. The van der Waals surface area contributed by atoms with E-state index < -0.39 is 6.04 Å². The Morgan fingerprint density at radius 1 is 0.947 bits per heavy atom. The lowest BCUT2D eigenvalue weighted by Crippen LogP contribution is -2.09. The molecule has 2 nitrogen and oxygen atoms in total. The van der Waals surface area contributed by atoms with Gasteiger partial charge in [0.25, 0.3) is 0 Å². The summed E-state index contributed by atoms with van der Waals surface area (Å²) in [5.41, 5.74) is 1.43. The Labute approximate surface area is 126 Å². The molecule has 19 heavy (non-hydrogen) atoms. The summed E-state index contributed by atoms with van der Waals surface area (Å²) in [5, 5.41) is 14.0. The second-order valence-electron chi connectivity index (χ2n) is 3.88.